The minimum Gasteiger partial charge on any atom is -0.463 e. The highest BCUT2D eigenvalue weighted by Crippen LogP contribution is 2.13. The maximum atomic E-state index is 13.3. The molecule has 0 spiro atoms. The van der Waals surface area contributed by atoms with Crippen molar-refractivity contribution in [1.29, 1.82) is 0 Å². The number of amides is 2. The molecule has 0 aliphatic heterocycles. The Morgan fingerprint density at radius 2 is 1.46 bits per heavy atom. The van der Waals surface area contributed by atoms with Crippen molar-refractivity contribution in [3.05, 3.63) is 97.1 Å². The van der Waals surface area contributed by atoms with E-state index >= 15 is 0 Å². The summed E-state index contributed by atoms with van der Waals surface area (Å²) in [5.41, 5.74) is 1.99. The fraction of sp³-hybridized carbons (Fsp3) is 0.406. The van der Waals surface area contributed by atoms with Gasteiger partial charge in [-0.25, -0.2) is 0 Å². The molecule has 210 valence electrons. The van der Waals surface area contributed by atoms with E-state index in [1.165, 1.54) is 0 Å². The molecule has 2 amide bonds. The van der Waals surface area contributed by atoms with Crippen LogP contribution < -0.4 is 10.6 Å². The Hall–Kier alpha value is -3.71. The summed E-state index contributed by atoms with van der Waals surface area (Å²) in [6.07, 6.45) is 7.41. The Morgan fingerprint density at radius 3 is 2.03 bits per heavy atom. The van der Waals surface area contributed by atoms with E-state index in [0.29, 0.717) is 25.7 Å². The van der Waals surface area contributed by atoms with E-state index < -0.39 is 18.0 Å². The van der Waals surface area contributed by atoms with Crippen molar-refractivity contribution in [3.63, 3.8) is 0 Å². The van der Waals surface area contributed by atoms with Crippen LogP contribution in [-0.4, -0.2) is 48.2 Å². The molecule has 7 nitrogen and oxygen atoms in total. The van der Waals surface area contributed by atoms with E-state index in [2.05, 4.69) is 23.8 Å². The van der Waals surface area contributed by atoms with Gasteiger partial charge in [-0.2, -0.15) is 0 Å². The van der Waals surface area contributed by atoms with Crippen LogP contribution in [0.15, 0.2) is 86.0 Å². The number of rotatable bonds is 19. The standard InChI is InChI=1S/C32H42N2O5/c1-3-5-6-13-19-31(37)39-24-29(21-26-17-11-8-12-18-26)34-32(38)27(14-4-2)22-30(36)33-28(23-35)20-25-15-9-7-10-16-25/h3-4,7-12,15-18,27-29,35H,1-2,5-6,13-14,19-24H2,(H,33,36)(H,34,38)/t27-,28+,29-/m1/s1. The van der Waals surface area contributed by atoms with Gasteiger partial charge in [0, 0.05) is 12.8 Å². The summed E-state index contributed by atoms with van der Waals surface area (Å²) >= 11 is 0. The molecule has 0 saturated heterocycles. The molecule has 0 heterocycles. The lowest BCUT2D eigenvalue weighted by Crippen LogP contribution is -2.45. The summed E-state index contributed by atoms with van der Waals surface area (Å²) in [6.45, 7) is 7.26. The Labute approximate surface area is 232 Å². The molecule has 3 atom stereocenters. The van der Waals surface area contributed by atoms with Crippen molar-refractivity contribution >= 4 is 17.8 Å². The second kappa shape index (κ2) is 18.5. The second-order valence-corrected chi connectivity index (χ2v) is 9.67. The van der Waals surface area contributed by atoms with E-state index in [4.69, 9.17) is 4.74 Å². The normalized spacial score (nSPS) is 12.9. The maximum Gasteiger partial charge on any atom is 0.305 e. The maximum absolute atomic E-state index is 13.3. The van der Waals surface area contributed by atoms with Gasteiger partial charge < -0.3 is 20.5 Å². The molecule has 0 aromatic heterocycles. The smallest absolute Gasteiger partial charge is 0.305 e. The third-order valence-electron chi connectivity index (χ3n) is 6.32. The van der Waals surface area contributed by atoms with Gasteiger partial charge in [0.25, 0.3) is 0 Å². The number of nitrogens with one attached hydrogen (secondary N) is 2. The fourth-order valence-corrected chi connectivity index (χ4v) is 4.25. The monoisotopic (exact) mass is 534 g/mol. The van der Waals surface area contributed by atoms with Gasteiger partial charge in [0.1, 0.15) is 6.61 Å². The summed E-state index contributed by atoms with van der Waals surface area (Å²) in [4.78, 5) is 38.3. The van der Waals surface area contributed by atoms with E-state index in [0.717, 1.165) is 30.4 Å². The number of carbonyl (C=O) groups is 3. The number of aliphatic hydroxyl groups excluding tert-OH is 1. The zero-order chi connectivity index (χ0) is 28.3. The molecule has 0 bridgehead atoms. The molecule has 0 aliphatic rings. The molecule has 0 unspecified atom stereocenters. The van der Waals surface area contributed by atoms with Crippen molar-refractivity contribution in [2.45, 2.75) is 63.5 Å². The summed E-state index contributed by atoms with van der Waals surface area (Å²) in [5.74, 6) is -1.58. The van der Waals surface area contributed by atoms with Crippen molar-refractivity contribution in [1.82, 2.24) is 10.6 Å². The van der Waals surface area contributed by atoms with Crippen LogP contribution in [0.1, 0.15) is 49.7 Å². The Morgan fingerprint density at radius 1 is 0.846 bits per heavy atom. The highest BCUT2D eigenvalue weighted by Gasteiger charge is 2.25. The van der Waals surface area contributed by atoms with Crippen molar-refractivity contribution in [2.75, 3.05) is 13.2 Å². The Balaban J connectivity index is 1.98. The number of benzene rings is 2. The third-order valence-corrected chi connectivity index (χ3v) is 6.32. The minimum absolute atomic E-state index is 0.0393. The van der Waals surface area contributed by atoms with E-state index in [-0.39, 0.29) is 37.4 Å². The highest BCUT2D eigenvalue weighted by atomic mass is 16.5. The van der Waals surface area contributed by atoms with Crippen LogP contribution in [0.2, 0.25) is 0 Å². The van der Waals surface area contributed by atoms with Gasteiger partial charge in [-0.15, -0.1) is 13.2 Å². The number of carbonyl (C=O) groups excluding carboxylic acids is 3. The third kappa shape index (κ3) is 13.1. The van der Waals surface area contributed by atoms with Gasteiger partial charge in [0.05, 0.1) is 24.6 Å². The number of unbranched alkanes of at least 4 members (excludes halogenated alkanes) is 2. The number of ether oxygens (including phenoxy) is 1. The summed E-state index contributed by atoms with van der Waals surface area (Å²) in [5, 5.41) is 15.6. The summed E-state index contributed by atoms with van der Waals surface area (Å²) in [7, 11) is 0. The molecule has 3 N–H and O–H groups in total. The lowest BCUT2D eigenvalue weighted by Gasteiger charge is -2.23. The molecule has 0 radical (unpaired) electrons. The molecule has 0 aliphatic carbocycles. The average molecular weight is 535 g/mol. The topological polar surface area (TPSA) is 105 Å². The molecule has 2 aromatic carbocycles. The van der Waals surface area contributed by atoms with Crippen molar-refractivity contribution in [3.8, 4) is 0 Å². The molecule has 39 heavy (non-hydrogen) atoms. The first-order valence-corrected chi connectivity index (χ1v) is 13.6. The van der Waals surface area contributed by atoms with E-state index in [9.17, 15) is 19.5 Å². The van der Waals surface area contributed by atoms with Gasteiger partial charge in [0.2, 0.25) is 11.8 Å². The largest absolute Gasteiger partial charge is 0.463 e. The Bertz CT molecular complexity index is 1030. The molecule has 2 aromatic rings. The van der Waals surface area contributed by atoms with Gasteiger partial charge in [-0.05, 0) is 49.7 Å². The van der Waals surface area contributed by atoms with Crippen LogP contribution in [0.5, 0.6) is 0 Å². The second-order valence-electron chi connectivity index (χ2n) is 9.67. The lowest BCUT2D eigenvalue weighted by molar-refractivity contribution is -0.145. The number of esters is 1. The number of hydrogen-bond donors (Lipinski definition) is 3. The predicted molar refractivity (Wildman–Crippen MR) is 154 cm³/mol. The SMILES string of the molecule is C=CCCCCC(=O)OC[C@@H](Cc1ccccc1)NC(=O)[C@H](CC=C)CC(=O)N[C@H](CO)Cc1ccccc1. The highest BCUT2D eigenvalue weighted by molar-refractivity contribution is 5.86. The van der Waals surface area contributed by atoms with Crippen LogP contribution in [0.25, 0.3) is 0 Å². The van der Waals surface area contributed by atoms with Crippen LogP contribution in [0, 0.1) is 5.92 Å². The predicted octanol–water partition coefficient (Wildman–Crippen LogP) is 4.31. The molecule has 2 rings (SSSR count). The van der Waals surface area contributed by atoms with E-state index in [1.54, 1.807) is 6.08 Å². The summed E-state index contributed by atoms with van der Waals surface area (Å²) in [6, 6.07) is 18.3. The number of aliphatic hydroxyl groups is 1. The van der Waals surface area contributed by atoms with Crippen LogP contribution in [0.3, 0.4) is 0 Å². The Kier molecular flexibility index (Phi) is 15.0. The van der Waals surface area contributed by atoms with Crippen LogP contribution in [0.4, 0.5) is 0 Å². The average Bonchev–Trinajstić information content (AvgIpc) is 2.94. The fourth-order valence-electron chi connectivity index (χ4n) is 4.25. The molecule has 0 saturated carbocycles. The van der Waals surface area contributed by atoms with Crippen molar-refractivity contribution < 1.29 is 24.2 Å². The number of allylic oxidation sites excluding steroid dienone is 2. The minimum atomic E-state index is -0.647. The number of hydrogen-bond acceptors (Lipinski definition) is 5. The van der Waals surface area contributed by atoms with Crippen LogP contribution in [-0.2, 0) is 32.0 Å². The van der Waals surface area contributed by atoms with Gasteiger partial charge in [-0.3, -0.25) is 14.4 Å². The van der Waals surface area contributed by atoms with E-state index in [1.807, 2.05) is 66.7 Å². The van der Waals surface area contributed by atoms with Gasteiger partial charge >= 0.3 is 5.97 Å². The zero-order valence-electron chi connectivity index (χ0n) is 22.7. The molecular formula is C32H42N2O5. The first kappa shape index (κ1) is 31.5. The van der Waals surface area contributed by atoms with Crippen LogP contribution >= 0.6 is 0 Å². The van der Waals surface area contributed by atoms with Gasteiger partial charge in [0.15, 0.2) is 0 Å². The van der Waals surface area contributed by atoms with Crippen molar-refractivity contribution in [2.24, 2.45) is 5.92 Å². The molecule has 0 fully saturated rings. The molecular weight excluding hydrogens is 492 g/mol. The molecule has 7 heteroatoms. The quantitative estimate of drug-likeness (QED) is 0.142. The zero-order valence-corrected chi connectivity index (χ0v) is 22.7. The lowest BCUT2D eigenvalue weighted by atomic mass is 9.98. The van der Waals surface area contributed by atoms with Gasteiger partial charge in [-0.1, -0.05) is 72.8 Å². The summed E-state index contributed by atoms with van der Waals surface area (Å²) < 4.78 is 5.50. The first-order valence-electron chi connectivity index (χ1n) is 13.6. The first-order chi connectivity index (χ1) is 18.9.